The lowest BCUT2D eigenvalue weighted by molar-refractivity contribution is -0.115. The maximum Gasteiger partial charge on any atom is 0.238 e. The molecule has 1 aromatic heterocycles. The normalized spacial score (nSPS) is 11.5. The van der Waals surface area contributed by atoms with Gasteiger partial charge in [0.1, 0.15) is 5.76 Å². The molecule has 1 heterocycles. The number of carbonyl (C=O) groups excluding carboxylic acids is 1. The van der Waals surface area contributed by atoms with Crippen molar-refractivity contribution < 1.29 is 9.21 Å². The lowest BCUT2D eigenvalue weighted by Gasteiger charge is -2.17. The number of carbonyl (C=O) groups is 1. The second kappa shape index (κ2) is 7.95. The Hall–Kier alpha value is -3.36. The molecule has 0 fully saturated rings. The van der Waals surface area contributed by atoms with Crippen molar-refractivity contribution in [2.75, 3.05) is 11.9 Å². The molecule has 1 atom stereocenters. The fourth-order valence-electron chi connectivity index (χ4n) is 2.51. The average Bonchev–Trinajstić information content (AvgIpc) is 3.18. The Balaban J connectivity index is 1.64. The van der Waals surface area contributed by atoms with Gasteiger partial charge in [0.05, 0.1) is 30.5 Å². The van der Waals surface area contributed by atoms with Crippen molar-refractivity contribution in [1.82, 2.24) is 5.32 Å². The third-order valence-corrected chi connectivity index (χ3v) is 3.73. The zero-order valence-electron chi connectivity index (χ0n) is 13.5. The second-order valence-corrected chi connectivity index (χ2v) is 5.48. The van der Waals surface area contributed by atoms with Gasteiger partial charge in [0.2, 0.25) is 5.91 Å². The first-order valence-corrected chi connectivity index (χ1v) is 7.88. The molecule has 0 saturated heterocycles. The Bertz CT molecular complexity index is 850. The van der Waals surface area contributed by atoms with E-state index in [9.17, 15) is 4.79 Å². The van der Waals surface area contributed by atoms with Crippen LogP contribution in [0.3, 0.4) is 0 Å². The second-order valence-electron chi connectivity index (χ2n) is 5.48. The van der Waals surface area contributed by atoms with E-state index in [0.717, 1.165) is 11.3 Å². The Kier molecular flexibility index (Phi) is 5.25. The van der Waals surface area contributed by atoms with E-state index in [1.54, 1.807) is 30.5 Å². The summed E-state index contributed by atoms with van der Waals surface area (Å²) in [4.78, 5) is 12.2. The quantitative estimate of drug-likeness (QED) is 0.725. The van der Waals surface area contributed by atoms with E-state index in [0.29, 0.717) is 11.3 Å². The van der Waals surface area contributed by atoms with E-state index in [4.69, 9.17) is 9.68 Å². The molecule has 3 rings (SSSR count). The van der Waals surface area contributed by atoms with Crippen LogP contribution < -0.4 is 10.6 Å². The maximum absolute atomic E-state index is 12.2. The summed E-state index contributed by atoms with van der Waals surface area (Å²) in [5.41, 5.74) is 2.22. The average molecular weight is 331 g/mol. The Morgan fingerprint density at radius 1 is 1.04 bits per heavy atom. The number of hydrogen-bond donors (Lipinski definition) is 2. The van der Waals surface area contributed by atoms with Crippen LogP contribution >= 0.6 is 0 Å². The third kappa shape index (κ3) is 4.34. The molecule has 2 aromatic carbocycles. The number of furan rings is 1. The van der Waals surface area contributed by atoms with E-state index in [1.807, 2.05) is 48.5 Å². The van der Waals surface area contributed by atoms with E-state index < -0.39 is 0 Å². The molecule has 0 aliphatic carbocycles. The largest absolute Gasteiger partial charge is 0.467 e. The lowest BCUT2D eigenvalue weighted by atomic mass is 10.0. The first-order valence-electron chi connectivity index (χ1n) is 7.88. The smallest absolute Gasteiger partial charge is 0.238 e. The van der Waals surface area contributed by atoms with E-state index in [-0.39, 0.29) is 18.5 Å². The van der Waals surface area contributed by atoms with Crippen LogP contribution in [0.15, 0.2) is 77.4 Å². The van der Waals surface area contributed by atoms with Crippen molar-refractivity contribution in [2.24, 2.45) is 0 Å². The van der Waals surface area contributed by atoms with Crippen LogP contribution in [-0.4, -0.2) is 12.5 Å². The predicted octanol–water partition coefficient (Wildman–Crippen LogP) is 3.47. The van der Waals surface area contributed by atoms with Gasteiger partial charge in [0.25, 0.3) is 0 Å². The fourth-order valence-corrected chi connectivity index (χ4v) is 2.51. The summed E-state index contributed by atoms with van der Waals surface area (Å²) in [5.74, 6) is 0.578. The molecule has 124 valence electrons. The summed E-state index contributed by atoms with van der Waals surface area (Å²) in [7, 11) is 0. The highest BCUT2D eigenvalue weighted by atomic mass is 16.3. The van der Waals surface area contributed by atoms with Gasteiger partial charge in [-0.05, 0) is 42.0 Å². The Morgan fingerprint density at radius 3 is 2.44 bits per heavy atom. The summed E-state index contributed by atoms with van der Waals surface area (Å²) >= 11 is 0. The number of nitrogens with zero attached hydrogens (tertiary/aromatic N) is 1. The third-order valence-electron chi connectivity index (χ3n) is 3.73. The minimum atomic E-state index is -0.206. The number of nitriles is 1. The molecule has 3 aromatic rings. The number of hydrogen-bond acceptors (Lipinski definition) is 4. The molecular weight excluding hydrogens is 314 g/mol. The minimum Gasteiger partial charge on any atom is -0.467 e. The summed E-state index contributed by atoms with van der Waals surface area (Å²) < 4.78 is 5.50. The van der Waals surface area contributed by atoms with Gasteiger partial charge in [-0.25, -0.2) is 0 Å². The van der Waals surface area contributed by atoms with Gasteiger partial charge >= 0.3 is 0 Å². The predicted molar refractivity (Wildman–Crippen MR) is 94.8 cm³/mol. The maximum atomic E-state index is 12.2. The number of benzene rings is 2. The molecule has 2 N–H and O–H groups in total. The SMILES string of the molecule is N#Cc1ccc(NC(=O)CN[C@H](c2ccccc2)c2ccco2)cc1. The zero-order chi connectivity index (χ0) is 17.5. The topological polar surface area (TPSA) is 78.1 Å². The van der Waals surface area contributed by atoms with Gasteiger partial charge in [-0.2, -0.15) is 5.26 Å². The zero-order valence-corrected chi connectivity index (χ0v) is 13.5. The summed E-state index contributed by atoms with van der Waals surface area (Å²) in [6.45, 7) is 0.125. The lowest BCUT2D eigenvalue weighted by Crippen LogP contribution is -2.31. The van der Waals surface area contributed by atoms with Crippen LogP contribution in [0.1, 0.15) is 22.9 Å². The van der Waals surface area contributed by atoms with Crippen LogP contribution in [0.5, 0.6) is 0 Å². The molecule has 5 nitrogen and oxygen atoms in total. The van der Waals surface area contributed by atoms with Gasteiger partial charge in [-0.1, -0.05) is 30.3 Å². The highest BCUT2D eigenvalue weighted by Gasteiger charge is 2.17. The van der Waals surface area contributed by atoms with Crippen molar-refractivity contribution in [3.63, 3.8) is 0 Å². The van der Waals surface area contributed by atoms with Gasteiger partial charge < -0.3 is 9.73 Å². The summed E-state index contributed by atoms with van der Waals surface area (Å²) in [6.07, 6.45) is 1.61. The van der Waals surface area contributed by atoms with Crippen LogP contribution in [0, 0.1) is 11.3 Å². The monoisotopic (exact) mass is 331 g/mol. The standard InChI is InChI=1S/C20H17N3O2/c21-13-15-8-10-17(11-9-15)23-19(24)14-22-20(18-7-4-12-25-18)16-5-2-1-3-6-16/h1-12,20,22H,14H2,(H,23,24)/t20-/m1/s1. The highest BCUT2D eigenvalue weighted by Crippen LogP contribution is 2.22. The van der Waals surface area contributed by atoms with E-state index in [1.165, 1.54) is 0 Å². The summed E-state index contributed by atoms with van der Waals surface area (Å²) in [5, 5.41) is 14.8. The molecule has 0 aliphatic rings. The number of anilines is 1. The van der Waals surface area contributed by atoms with Crippen molar-refractivity contribution in [3.8, 4) is 6.07 Å². The van der Waals surface area contributed by atoms with Gasteiger partial charge in [0.15, 0.2) is 0 Å². The number of nitrogens with one attached hydrogen (secondary N) is 2. The number of rotatable bonds is 6. The Labute approximate surface area is 145 Å². The molecule has 0 unspecified atom stereocenters. The van der Waals surface area contributed by atoms with Gasteiger partial charge in [-0.3, -0.25) is 10.1 Å². The van der Waals surface area contributed by atoms with Crippen molar-refractivity contribution in [1.29, 1.82) is 5.26 Å². The van der Waals surface area contributed by atoms with E-state index >= 15 is 0 Å². The molecule has 5 heteroatoms. The first-order chi connectivity index (χ1) is 12.3. The van der Waals surface area contributed by atoms with Crippen LogP contribution in [0.2, 0.25) is 0 Å². The highest BCUT2D eigenvalue weighted by molar-refractivity contribution is 5.92. The van der Waals surface area contributed by atoms with Crippen LogP contribution in [0.25, 0.3) is 0 Å². The molecule has 0 saturated carbocycles. The molecule has 0 spiro atoms. The van der Waals surface area contributed by atoms with Crippen molar-refractivity contribution in [3.05, 3.63) is 89.9 Å². The van der Waals surface area contributed by atoms with Crippen molar-refractivity contribution >= 4 is 11.6 Å². The molecule has 0 radical (unpaired) electrons. The van der Waals surface area contributed by atoms with Crippen LogP contribution in [0.4, 0.5) is 5.69 Å². The molecular formula is C20H17N3O2. The molecule has 0 aliphatic heterocycles. The van der Waals surface area contributed by atoms with E-state index in [2.05, 4.69) is 10.6 Å². The van der Waals surface area contributed by atoms with Crippen molar-refractivity contribution in [2.45, 2.75) is 6.04 Å². The Morgan fingerprint density at radius 2 is 1.80 bits per heavy atom. The first kappa shape index (κ1) is 16.5. The summed E-state index contributed by atoms with van der Waals surface area (Å²) in [6, 6.07) is 22.1. The molecule has 1 amide bonds. The van der Waals surface area contributed by atoms with Gasteiger partial charge in [-0.15, -0.1) is 0 Å². The molecule has 0 bridgehead atoms. The van der Waals surface area contributed by atoms with Crippen LogP contribution in [-0.2, 0) is 4.79 Å². The fraction of sp³-hybridized carbons (Fsp3) is 0.100. The van der Waals surface area contributed by atoms with Gasteiger partial charge in [0, 0.05) is 5.69 Å². The minimum absolute atomic E-state index is 0.125. The molecule has 25 heavy (non-hydrogen) atoms. The number of amides is 1.